The highest BCUT2D eigenvalue weighted by atomic mass is 16.1. The Hall–Kier alpha value is -1.89. The molecule has 1 heteroatoms. The van der Waals surface area contributed by atoms with Gasteiger partial charge in [0.1, 0.15) is 0 Å². The molecule has 0 fully saturated rings. The van der Waals surface area contributed by atoms with E-state index in [9.17, 15) is 4.79 Å². The number of aryl methyl sites for hydroxylation is 1. The van der Waals surface area contributed by atoms with Gasteiger partial charge in [-0.3, -0.25) is 4.79 Å². The lowest BCUT2D eigenvalue weighted by Crippen LogP contribution is -2.12. The van der Waals surface area contributed by atoms with E-state index in [0.717, 1.165) is 30.4 Å². The van der Waals surface area contributed by atoms with Crippen molar-refractivity contribution in [3.05, 3.63) is 71.3 Å². The monoisotopic (exact) mass is 236 g/mol. The maximum atomic E-state index is 12.6. The second-order valence-corrected chi connectivity index (χ2v) is 4.88. The number of ketones is 1. The molecule has 90 valence electrons. The average molecular weight is 236 g/mol. The zero-order valence-corrected chi connectivity index (χ0v) is 10.3. The van der Waals surface area contributed by atoms with Gasteiger partial charge in [0.05, 0.1) is 0 Å². The van der Waals surface area contributed by atoms with Crippen LogP contribution in [-0.2, 0) is 6.42 Å². The van der Waals surface area contributed by atoms with E-state index in [1.54, 1.807) is 0 Å². The maximum absolute atomic E-state index is 12.6. The summed E-state index contributed by atoms with van der Waals surface area (Å²) in [6.45, 7) is 0. The molecule has 0 amide bonds. The summed E-state index contributed by atoms with van der Waals surface area (Å²) in [6.07, 6.45) is 3.06. The molecule has 2 aromatic carbocycles. The van der Waals surface area contributed by atoms with Gasteiger partial charge in [-0.1, -0.05) is 54.6 Å². The fraction of sp³-hybridized carbons (Fsp3) is 0.235. The van der Waals surface area contributed by atoms with Crippen LogP contribution in [0.1, 0.15) is 40.2 Å². The first-order valence-electron chi connectivity index (χ1n) is 6.53. The number of carbonyl (C=O) groups is 1. The molecule has 1 unspecified atom stereocenters. The largest absolute Gasteiger partial charge is 0.293 e. The lowest BCUT2D eigenvalue weighted by molar-refractivity contribution is 0.0957. The molecule has 1 aliphatic rings. The number of fused-ring (bicyclic) bond motifs is 1. The highest BCUT2D eigenvalue weighted by Gasteiger charge is 2.26. The number of hydrogen-bond donors (Lipinski definition) is 0. The van der Waals surface area contributed by atoms with Gasteiger partial charge in [-0.25, -0.2) is 0 Å². The molecular formula is C17H16O. The second kappa shape index (κ2) is 4.77. The minimum absolute atomic E-state index is 0.0369. The first-order chi connectivity index (χ1) is 8.86. The summed E-state index contributed by atoms with van der Waals surface area (Å²) in [5.74, 6) is 0.323. The molecule has 0 aromatic heterocycles. The van der Waals surface area contributed by atoms with E-state index in [2.05, 4.69) is 18.2 Å². The minimum Gasteiger partial charge on any atom is -0.293 e. The van der Waals surface area contributed by atoms with Crippen molar-refractivity contribution >= 4 is 5.78 Å². The van der Waals surface area contributed by atoms with Crippen LogP contribution in [0.25, 0.3) is 0 Å². The number of Topliss-reactive ketones (excluding diaryl/α,β-unsaturated/α-hetero) is 1. The number of carbonyl (C=O) groups excluding carboxylic acids is 1. The molecule has 0 bridgehead atoms. The number of rotatable bonds is 1. The Labute approximate surface area is 107 Å². The zero-order chi connectivity index (χ0) is 12.4. The summed E-state index contributed by atoms with van der Waals surface area (Å²) in [5, 5.41) is 0. The highest BCUT2D eigenvalue weighted by molar-refractivity contribution is 6.02. The summed E-state index contributed by atoms with van der Waals surface area (Å²) in [6, 6.07) is 18.2. The molecule has 3 rings (SSSR count). The van der Waals surface area contributed by atoms with Crippen LogP contribution < -0.4 is 0 Å². The predicted octanol–water partition coefficient (Wildman–Crippen LogP) is 3.99. The molecule has 0 N–H and O–H groups in total. The standard InChI is InChI=1S/C17H16O/c18-17-15-11-5-4-9-14(15)10-6-12-16(17)13-7-2-1-3-8-13/h1-5,7-9,11,16H,6,10,12H2. The summed E-state index contributed by atoms with van der Waals surface area (Å²) in [7, 11) is 0. The van der Waals surface area contributed by atoms with Gasteiger partial charge in [-0.05, 0) is 30.4 Å². The van der Waals surface area contributed by atoms with Gasteiger partial charge in [-0.2, -0.15) is 0 Å². The molecule has 1 atom stereocenters. The maximum Gasteiger partial charge on any atom is 0.170 e. The van der Waals surface area contributed by atoms with Crippen molar-refractivity contribution in [1.29, 1.82) is 0 Å². The van der Waals surface area contributed by atoms with E-state index in [1.165, 1.54) is 5.56 Å². The summed E-state index contributed by atoms with van der Waals surface area (Å²) < 4.78 is 0. The van der Waals surface area contributed by atoms with Crippen molar-refractivity contribution in [2.75, 3.05) is 0 Å². The van der Waals surface area contributed by atoms with Crippen LogP contribution >= 0.6 is 0 Å². The van der Waals surface area contributed by atoms with Crippen molar-refractivity contribution < 1.29 is 4.79 Å². The Morgan fingerprint density at radius 1 is 0.889 bits per heavy atom. The van der Waals surface area contributed by atoms with Gasteiger partial charge >= 0.3 is 0 Å². The minimum atomic E-state index is 0.0369. The highest BCUT2D eigenvalue weighted by Crippen LogP contribution is 2.31. The van der Waals surface area contributed by atoms with E-state index in [1.807, 2.05) is 36.4 Å². The fourth-order valence-corrected chi connectivity index (χ4v) is 2.80. The van der Waals surface area contributed by atoms with Gasteiger partial charge < -0.3 is 0 Å². The number of hydrogen-bond acceptors (Lipinski definition) is 1. The third-order valence-electron chi connectivity index (χ3n) is 3.74. The first kappa shape index (κ1) is 11.2. The molecule has 0 saturated carbocycles. The van der Waals surface area contributed by atoms with Crippen LogP contribution in [0.4, 0.5) is 0 Å². The quantitative estimate of drug-likeness (QED) is 0.684. The SMILES string of the molecule is O=C1c2ccccc2CCCC1c1ccccc1. The molecule has 1 aliphatic carbocycles. The lowest BCUT2D eigenvalue weighted by Gasteiger charge is -2.13. The first-order valence-corrected chi connectivity index (χ1v) is 6.53. The summed E-state index contributed by atoms with van der Waals surface area (Å²) >= 11 is 0. The average Bonchev–Trinajstić information content (AvgIpc) is 2.60. The fourth-order valence-electron chi connectivity index (χ4n) is 2.80. The molecule has 0 radical (unpaired) electrons. The summed E-state index contributed by atoms with van der Waals surface area (Å²) in [5.41, 5.74) is 3.28. The topological polar surface area (TPSA) is 17.1 Å². The van der Waals surface area contributed by atoms with Crippen LogP contribution in [0.2, 0.25) is 0 Å². The normalized spacial score (nSPS) is 19.1. The molecule has 0 saturated heterocycles. The predicted molar refractivity (Wildman–Crippen MR) is 72.9 cm³/mol. The van der Waals surface area contributed by atoms with Crippen molar-refractivity contribution in [2.24, 2.45) is 0 Å². The molecular weight excluding hydrogens is 220 g/mol. The zero-order valence-electron chi connectivity index (χ0n) is 10.3. The van der Waals surface area contributed by atoms with Gasteiger partial charge in [0.15, 0.2) is 5.78 Å². The third kappa shape index (κ3) is 1.97. The van der Waals surface area contributed by atoms with Crippen LogP contribution in [0.3, 0.4) is 0 Å². The Morgan fingerprint density at radius 2 is 1.61 bits per heavy atom. The van der Waals surface area contributed by atoms with E-state index in [0.29, 0.717) is 0 Å². The smallest absolute Gasteiger partial charge is 0.170 e. The summed E-state index contributed by atoms with van der Waals surface area (Å²) in [4.78, 5) is 12.6. The van der Waals surface area contributed by atoms with Crippen molar-refractivity contribution in [3.63, 3.8) is 0 Å². The molecule has 0 spiro atoms. The van der Waals surface area contributed by atoms with E-state index in [-0.39, 0.29) is 11.7 Å². The number of benzene rings is 2. The van der Waals surface area contributed by atoms with Crippen LogP contribution in [0.15, 0.2) is 54.6 Å². The van der Waals surface area contributed by atoms with Gasteiger partial charge in [0.2, 0.25) is 0 Å². The van der Waals surface area contributed by atoms with Crippen molar-refractivity contribution in [2.45, 2.75) is 25.2 Å². The molecule has 0 heterocycles. The van der Waals surface area contributed by atoms with Crippen LogP contribution in [-0.4, -0.2) is 5.78 Å². The van der Waals surface area contributed by atoms with E-state index in [4.69, 9.17) is 0 Å². The Balaban J connectivity index is 2.02. The van der Waals surface area contributed by atoms with Crippen molar-refractivity contribution in [3.8, 4) is 0 Å². The molecule has 1 nitrogen and oxygen atoms in total. The van der Waals surface area contributed by atoms with Gasteiger partial charge in [0, 0.05) is 11.5 Å². The van der Waals surface area contributed by atoms with Crippen molar-refractivity contribution in [1.82, 2.24) is 0 Å². The van der Waals surface area contributed by atoms with E-state index >= 15 is 0 Å². The lowest BCUT2D eigenvalue weighted by atomic mass is 9.89. The van der Waals surface area contributed by atoms with Crippen LogP contribution in [0, 0.1) is 0 Å². The molecule has 2 aromatic rings. The Bertz CT molecular complexity index is 557. The Morgan fingerprint density at radius 3 is 2.44 bits per heavy atom. The Kier molecular flexibility index (Phi) is 2.97. The molecule has 0 aliphatic heterocycles. The third-order valence-corrected chi connectivity index (χ3v) is 3.74. The van der Waals surface area contributed by atoms with Gasteiger partial charge in [0.25, 0.3) is 0 Å². The van der Waals surface area contributed by atoms with E-state index < -0.39 is 0 Å². The van der Waals surface area contributed by atoms with Gasteiger partial charge in [-0.15, -0.1) is 0 Å². The second-order valence-electron chi connectivity index (χ2n) is 4.88. The molecule has 18 heavy (non-hydrogen) atoms. The van der Waals surface area contributed by atoms with Crippen LogP contribution in [0.5, 0.6) is 0 Å².